The third-order valence-electron chi connectivity index (χ3n) is 3.43. The Balaban J connectivity index is 1.94. The van der Waals surface area contributed by atoms with Gasteiger partial charge < -0.3 is 15.3 Å². The van der Waals surface area contributed by atoms with Gasteiger partial charge in [0.15, 0.2) is 5.69 Å². The van der Waals surface area contributed by atoms with Gasteiger partial charge in [-0.1, -0.05) is 0 Å². The van der Waals surface area contributed by atoms with Crippen LogP contribution < -0.4 is 5.32 Å². The number of nitro groups is 1. The molecule has 0 saturated carbocycles. The van der Waals surface area contributed by atoms with Crippen LogP contribution in [0.4, 0.5) is 11.5 Å². The zero-order chi connectivity index (χ0) is 15.2. The van der Waals surface area contributed by atoms with Gasteiger partial charge in [0.2, 0.25) is 5.82 Å². The number of carboxylic acids is 1. The van der Waals surface area contributed by atoms with Crippen molar-refractivity contribution in [3.05, 3.63) is 27.9 Å². The van der Waals surface area contributed by atoms with Crippen molar-refractivity contribution in [2.75, 3.05) is 31.5 Å². The highest BCUT2D eigenvalue weighted by Crippen LogP contribution is 2.22. The van der Waals surface area contributed by atoms with Crippen LogP contribution >= 0.6 is 0 Å². The number of rotatable bonds is 7. The van der Waals surface area contributed by atoms with Crippen molar-refractivity contribution < 1.29 is 14.8 Å². The molecule has 2 heterocycles. The first-order valence-corrected chi connectivity index (χ1v) is 6.93. The Kier molecular flexibility index (Phi) is 5.04. The molecule has 2 rings (SSSR count). The Morgan fingerprint density at radius 2 is 2.14 bits per heavy atom. The summed E-state index contributed by atoms with van der Waals surface area (Å²) in [7, 11) is 0. The van der Waals surface area contributed by atoms with E-state index < -0.39 is 10.9 Å². The van der Waals surface area contributed by atoms with Crippen molar-refractivity contribution in [3.63, 3.8) is 0 Å². The SMILES string of the molecule is O=C(O)c1ccc([N+](=O)[O-])c(NCCCN2CCCC2)n1. The van der Waals surface area contributed by atoms with Crippen molar-refractivity contribution >= 4 is 17.5 Å². The summed E-state index contributed by atoms with van der Waals surface area (Å²) >= 11 is 0. The number of anilines is 1. The fraction of sp³-hybridized carbons (Fsp3) is 0.538. The number of aromatic carboxylic acids is 1. The van der Waals surface area contributed by atoms with Gasteiger partial charge in [0.25, 0.3) is 0 Å². The molecular weight excluding hydrogens is 276 g/mol. The number of nitrogens with zero attached hydrogens (tertiary/aromatic N) is 3. The summed E-state index contributed by atoms with van der Waals surface area (Å²) in [6.45, 7) is 3.66. The van der Waals surface area contributed by atoms with E-state index in [1.807, 2.05) is 0 Å². The van der Waals surface area contributed by atoms with E-state index in [9.17, 15) is 14.9 Å². The molecule has 0 bridgehead atoms. The van der Waals surface area contributed by atoms with E-state index in [0.29, 0.717) is 6.54 Å². The van der Waals surface area contributed by atoms with Crippen LogP contribution in [-0.4, -0.2) is 52.1 Å². The average molecular weight is 294 g/mol. The molecule has 1 aromatic heterocycles. The summed E-state index contributed by atoms with van der Waals surface area (Å²) in [5.41, 5.74) is -0.413. The lowest BCUT2D eigenvalue weighted by Crippen LogP contribution is -2.22. The van der Waals surface area contributed by atoms with Crippen LogP contribution in [0.2, 0.25) is 0 Å². The Morgan fingerprint density at radius 1 is 1.43 bits per heavy atom. The summed E-state index contributed by atoms with van der Waals surface area (Å²) in [6.07, 6.45) is 3.28. The largest absolute Gasteiger partial charge is 0.477 e. The normalized spacial score (nSPS) is 15.0. The van der Waals surface area contributed by atoms with Crippen molar-refractivity contribution in [1.29, 1.82) is 0 Å². The van der Waals surface area contributed by atoms with E-state index >= 15 is 0 Å². The minimum atomic E-state index is -1.20. The van der Waals surface area contributed by atoms with Crippen molar-refractivity contribution in [3.8, 4) is 0 Å². The molecule has 1 aromatic rings. The quantitative estimate of drug-likeness (QED) is 0.446. The molecule has 0 aliphatic carbocycles. The zero-order valence-corrected chi connectivity index (χ0v) is 11.6. The van der Waals surface area contributed by atoms with Crippen LogP contribution in [0.25, 0.3) is 0 Å². The van der Waals surface area contributed by atoms with Crippen LogP contribution in [0.15, 0.2) is 12.1 Å². The highest BCUT2D eigenvalue weighted by atomic mass is 16.6. The second-order valence-corrected chi connectivity index (χ2v) is 4.96. The Labute approximate surface area is 121 Å². The molecule has 0 amide bonds. The number of pyridine rings is 1. The Morgan fingerprint density at radius 3 is 2.76 bits per heavy atom. The molecule has 2 N–H and O–H groups in total. The van der Waals surface area contributed by atoms with E-state index in [2.05, 4.69) is 15.2 Å². The van der Waals surface area contributed by atoms with Crippen LogP contribution in [0.1, 0.15) is 29.8 Å². The topological polar surface area (TPSA) is 109 Å². The summed E-state index contributed by atoms with van der Waals surface area (Å²) in [4.78, 5) is 27.4. The first-order valence-electron chi connectivity index (χ1n) is 6.93. The second kappa shape index (κ2) is 6.98. The number of carboxylic acid groups (broad SMARTS) is 1. The average Bonchev–Trinajstić information content (AvgIpc) is 2.96. The van der Waals surface area contributed by atoms with Gasteiger partial charge in [-0.25, -0.2) is 9.78 Å². The zero-order valence-electron chi connectivity index (χ0n) is 11.6. The smallest absolute Gasteiger partial charge is 0.354 e. The maximum atomic E-state index is 10.9. The first kappa shape index (κ1) is 15.2. The molecule has 0 unspecified atom stereocenters. The number of hydrogen-bond acceptors (Lipinski definition) is 6. The minimum absolute atomic E-state index is 0.0151. The molecule has 114 valence electrons. The van der Waals surface area contributed by atoms with Gasteiger partial charge >= 0.3 is 11.7 Å². The summed E-state index contributed by atoms with van der Waals surface area (Å²) in [5, 5.41) is 22.7. The lowest BCUT2D eigenvalue weighted by atomic mass is 10.3. The number of nitrogens with one attached hydrogen (secondary N) is 1. The molecule has 1 aliphatic rings. The summed E-state index contributed by atoms with van der Waals surface area (Å²) < 4.78 is 0. The number of likely N-dealkylation sites (tertiary alicyclic amines) is 1. The Hall–Kier alpha value is -2.22. The van der Waals surface area contributed by atoms with E-state index in [-0.39, 0.29) is 17.2 Å². The van der Waals surface area contributed by atoms with E-state index in [1.54, 1.807) is 0 Å². The van der Waals surface area contributed by atoms with Gasteiger partial charge in [0.05, 0.1) is 4.92 Å². The van der Waals surface area contributed by atoms with Gasteiger partial charge in [0, 0.05) is 12.6 Å². The monoisotopic (exact) mass is 294 g/mol. The van der Waals surface area contributed by atoms with E-state index in [1.165, 1.54) is 18.9 Å². The van der Waals surface area contributed by atoms with Gasteiger partial charge in [-0.05, 0) is 45.0 Å². The molecule has 1 aliphatic heterocycles. The van der Waals surface area contributed by atoms with Gasteiger partial charge in [0.1, 0.15) is 0 Å². The molecule has 1 fully saturated rings. The maximum Gasteiger partial charge on any atom is 0.354 e. The van der Waals surface area contributed by atoms with E-state index in [0.717, 1.165) is 32.1 Å². The fourth-order valence-corrected chi connectivity index (χ4v) is 2.36. The lowest BCUT2D eigenvalue weighted by Gasteiger charge is -2.14. The second-order valence-electron chi connectivity index (χ2n) is 4.96. The number of carbonyl (C=O) groups is 1. The molecule has 0 atom stereocenters. The number of aromatic nitrogens is 1. The Bertz CT molecular complexity index is 529. The van der Waals surface area contributed by atoms with Crippen LogP contribution in [-0.2, 0) is 0 Å². The standard InChI is InChI=1S/C13H18N4O4/c18-13(19)10-4-5-11(17(20)21)12(15-10)14-6-3-9-16-7-1-2-8-16/h4-5H,1-3,6-9H2,(H,14,15)(H,18,19). The van der Waals surface area contributed by atoms with Gasteiger partial charge in [-0.3, -0.25) is 10.1 Å². The third kappa shape index (κ3) is 4.12. The minimum Gasteiger partial charge on any atom is -0.477 e. The number of hydrogen-bond donors (Lipinski definition) is 2. The van der Waals surface area contributed by atoms with E-state index in [4.69, 9.17) is 5.11 Å². The highest BCUT2D eigenvalue weighted by Gasteiger charge is 2.18. The van der Waals surface area contributed by atoms with Crippen molar-refractivity contribution in [2.45, 2.75) is 19.3 Å². The molecular formula is C13H18N4O4. The molecule has 0 aromatic carbocycles. The third-order valence-corrected chi connectivity index (χ3v) is 3.43. The van der Waals surface area contributed by atoms with Crippen LogP contribution in [0.5, 0.6) is 0 Å². The summed E-state index contributed by atoms with van der Waals surface area (Å²) in [5.74, 6) is -1.19. The predicted octanol–water partition coefficient (Wildman–Crippen LogP) is 1.59. The molecule has 1 saturated heterocycles. The first-order chi connectivity index (χ1) is 10.1. The molecule has 8 heteroatoms. The highest BCUT2D eigenvalue weighted by molar-refractivity contribution is 5.86. The predicted molar refractivity (Wildman–Crippen MR) is 76.6 cm³/mol. The maximum absolute atomic E-state index is 10.9. The van der Waals surface area contributed by atoms with Crippen molar-refractivity contribution in [1.82, 2.24) is 9.88 Å². The van der Waals surface area contributed by atoms with Crippen molar-refractivity contribution in [2.24, 2.45) is 0 Å². The molecule has 21 heavy (non-hydrogen) atoms. The molecule has 0 spiro atoms. The van der Waals surface area contributed by atoms with Gasteiger partial charge in [-0.2, -0.15) is 0 Å². The van der Waals surface area contributed by atoms with Gasteiger partial charge in [-0.15, -0.1) is 0 Å². The fourth-order valence-electron chi connectivity index (χ4n) is 2.36. The summed E-state index contributed by atoms with van der Waals surface area (Å²) in [6, 6.07) is 2.30. The van der Waals surface area contributed by atoms with Crippen LogP contribution in [0.3, 0.4) is 0 Å². The molecule has 8 nitrogen and oxygen atoms in total. The molecule has 0 radical (unpaired) electrons. The lowest BCUT2D eigenvalue weighted by molar-refractivity contribution is -0.384. The van der Waals surface area contributed by atoms with Crippen LogP contribution in [0, 0.1) is 10.1 Å².